The Bertz CT molecular complexity index is 973. The van der Waals surface area contributed by atoms with E-state index in [4.69, 9.17) is 0 Å². The molecule has 1 amide bonds. The Labute approximate surface area is 154 Å². The third-order valence-corrected chi connectivity index (χ3v) is 4.32. The van der Waals surface area contributed by atoms with Gasteiger partial charge in [-0.3, -0.25) is 9.78 Å². The van der Waals surface area contributed by atoms with Crippen LogP contribution in [0.4, 0.5) is 0 Å². The monoisotopic (exact) mass is 345 g/mol. The lowest BCUT2D eigenvalue weighted by molar-refractivity contribution is 0.0956. The highest BCUT2D eigenvalue weighted by Gasteiger charge is 2.11. The Balaban J connectivity index is 1.80. The minimum atomic E-state index is -0.235. The van der Waals surface area contributed by atoms with Crippen LogP contribution in [0.15, 0.2) is 53.6 Å². The smallest absolute Gasteiger partial charge is 0.267 e. The van der Waals surface area contributed by atoms with Crippen LogP contribution < -0.4 is 5.43 Å². The molecule has 0 saturated heterocycles. The van der Waals surface area contributed by atoms with E-state index in [2.05, 4.69) is 41.5 Å². The van der Waals surface area contributed by atoms with Gasteiger partial charge < -0.3 is 0 Å². The maximum Gasteiger partial charge on any atom is 0.272 e. The summed E-state index contributed by atoms with van der Waals surface area (Å²) < 4.78 is 0. The van der Waals surface area contributed by atoms with E-state index in [1.165, 1.54) is 5.56 Å². The minimum Gasteiger partial charge on any atom is -0.267 e. The first-order chi connectivity index (χ1) is 12.4. The number of aryl methyl sites for hydroxylation is 2. The number of nitrogens with zero attached hydrogens (tertiary/aromatic N) is 2. The highest BCUT2D eigenvalue weighted by Crippen LogP contribution is 2.20. The fourth-order valence-corrected chi connectivity index (χ4v) is 2.85. The van der Waals surface area contributed by atoms with Gasteiger partial charge in [0.15, 0.2) is 0 Å². The fraction of sp³-hybridized carbons (Fsp3) is 0.227. The molecule has 132 valence electrons. The molecule has 3 aromatic rings. The molecule has 0 fully saturated rings. The van der Waals surface area contributed by atoms with Gasteiger partial charge in [-0.15, -0.1) is 0 Å². The lowest BCUT2D eigenvalue weighted by Crippen LogP contribution is -2.18. The Hall–Kier alpha value is -3.01. The number of fused-ring (bicyclic) bond motifs is 1. The van der Waals surface area contributed by atoms with Crippen molar-refractivity contribution in [1.82, 2.24) is 10.4 Å². The molecule has 3 rings (SSSR count). The van der Waals surface area contributed by atoms with E-state index in [9.17, 15) is 4.79 Å². The van der Waals surface area contributed by atoms with Crippen LogP contribution in [0.3, 0.4) is 0 Å². The zero-order chi connectivity index (χ0) is 18.7. The van der Waals surface area contributed by atoms with Crippen LogP contribution in [0.25, 0.3) is 10.9 Å². The van der Waals surface area contributed by atoms with Gasteiger partial charge in [-0.1, -0.05) is 49.7 Å². The topological polar surface area (TPSA) is 54.4 Å². The first-order valence-electron chi connectivity index (χ1n) is 8.75. The van der Waals surface area contributed by atoms with Gasteiger partial charge in [-0.2, -0.15) is 5.10 Å². The zero-order valence-electron chi connectivity index (χ0n) is 15.6. The number of benzene rings is 2. The summed E-state index contributed by atoms with van der Waals surface area (Å²) in [6, 6.07) is 15.9. The second kappa shape index (κ2) is 7.48. The second-order valence-corrected chi connectivity index (χ2v) is 6.85. The predicted octanol–water partition coefficient (Wildman–Crippen LogP) is 4.74. The second-order valence-electron chi connectivity index (χ2n) is 6.85. The van der Waals surface area contributed by atoms with Gasteiger partial charge in [0.1, 0.15) is 0 Å². The van der Waals surface area contributed by atoms with Crippen LogP contribution in [0.1, 0.15) is 52.5 Å². The Kier molecular flexibility index (Phi) is 5.12. The summed E-state index contributed by atoms with van der Waals surface area (Å²) >= 11 is 0. The van der Waals surface area contributed by atoms with Gasteiger partial charge in [0.05, 0.1) is 17.3 Å². The number of nitrogens with one attached hydrogen (secondary N) is 1. The van der Waals surface area contributed by atoms with Crippen LogP contribution in [0, 0.1) is 13.8 Å². The van der Waals surface area contributed by atoms with Crippen molar-refractivity contribution < 1.29 is 4.79 Å². The molecule has 0 aliphatic rings. The average molecular weight is 345 g/mol. The summed E-state index contributed by atoms with van der Waals surface area (Å²) in [5, 5.41) is 4.94. The largest absolute Gasteiger partial charge is 0.272 e. The number of hydrazone groups is 1. The lowest BCUT2D eigenvalue weighted by atomic mass is 10.0. The van der Waals surface area contributed by atoms with Crippen molar-refractivity contribution >= 4 is 23.0 Å². The number of aromatic nitrogens is 1. The number of carbonyl (C=O) groups excluding carboxylic acids is 1. The molecule has 0 unspecified atom stereocenters. The maximum absolute atomic E-state index is 12.6. The Morgan fingerprint density at radius 2 is 1.81 bits per heavy atom. The van der Waals surface area contributed by atoms with Crippen LogP contribution in [-0.2, 0) is 0 Å². The van der Waals surface area contributed by atoms with Crippen LogP contribution in [0.5, 0.6) is 0 Å². The summed E-state index contributed by atoms with van der Waals surface area (Å²) in [7, 11) is 0. The first kappa shape index (κ1) is 17.8. The SMILES string of the molecule is Cc1ccc2nc(C)cc(C(=O)NN=Cc3ccc(C(C)C)cc3)c2c1. The predicted molar refractivity (Wildman–Crippen MR) is 107 cm³/mol. The van der Waals surface area contributed by atoms with Gasteiger partial charge in [0.2, 0.25) is 0 Å². The molecule has 2 aromatic carbocycles. The molecule has 0 aliphatic heterocycles. The summed E-state index contributed by atoms with van der Waals surface area (Å²) in [6.45, 7) is 8.20. The third-order valence-electron chi connectivity index (χ3n) is 4.32. The van der Waals surface area contributed by atoms with Crippen molar-refractivity contribution in [2.75, 3.05) is 0 Å². The van der Waals surface area contributed by atoms with E-state index in [1.54, 1.807) is 12.3 Å². The molecule has 1 aromatic heterocycles. The maximum atomic E-state index is 12.6. The highest BCUT2D eigenvalue weighted by atomic mass is 16.2. The number of pyridine rings is 1. The van der Waals surface area contributed by atoms with Gasteiger partial charge in [-0.25, -0.2) is 5.43 Å². The molecule has 4 nitrogen and oxygen atoms in total. The van der Waals surface area contributed by atoms with Crippen molar-refractivity contribution in [1.29, 1.82) is 0 Å². The molecule has 0 radical (unpaired) electrons. The zero-order valence-corrected chi connectivity index (χ0v) is 15.6. The van der Waals surface area contributed by atoms with Gasteiger partial charge in [0, 0.05) is 11.1 Å². The van der Waals surface area contributed by atoms with Crippen molar-refractivity contribution in [3.05, 3.63) is 76.5 Å². The van der Waals surface area contributed by atoms with Crippen LogP contribution >= 0.6 is 0 Å². The van der Waals surface area contributed by atoms with Crippen molar-refractivity contribution in [3.63, 3.8) is 0 Å². The fourth-order valence-electron chi connectivity index (χ4n) is 2.85. The minimum absolute atomic E-state index is 0.235. The molecule has 0 aliphatic carbocycles. The molecular weight excluding hydrogens is 322 g/mol. The van der Waals surface area contributed by atoms with Crippen molar-refractivity contribution in [2.45, 2.75) is 33.6 Å². The van der Waals surface area contributed by atoms with E-state index >= 15 is 0 Å². The molecule has 26 heavy (non-hydrogen) atoms. The number of rotatable bonds is 4. The van der Waals surface area contributed by atoms with E-state index < -0.39 is 0 Å². The molecular formula is C22H23N3O. The summed E-state index contributed by atoms with van der Waals surface area (Å²) in [4.78, 5) is 17.1. The molecule has 0 spiro atoms. The standard InChI is InChI=1S/C22H23N3O/c1-14(2)18-8-6-17(7-9-18)13-23-25-22(26)20-12-16(4)24-21-10-5-15(3)11-19(20)21/h5-14H,1-4H3,(H,25,26). The van der Waals surface area contributed by atoms with Gasteiger partial charge in [-0.05, 0) is 49.1 Å². The Morgan fingerprint density at radius 1 is 1.08 bits per heavy atom. The van der Waals surface area contributed by atoms with E-state index in [0.29, 0.717) is 11.5 Å². The van der Waals surface area contributed by atoms with Crippen LogP contribution in [-0.4, -0.2) is 17.1 Å². The normalized spacial score (nSPS) is 11.4. The molecule has 0 saturated carbocycles. The van der Waals surface area contributed by atoms with Crippen LogP contribution in [0.2, 0.25) is 0 Å². The molecule has 0 atom stereocenters. The number of hydrogen-bond acceptors (Lipinski definition) is 3. The summed E-state index contributed by atoms with van der Waals surface area (Å²) in [5.41, 5.74) is 8.14. The number of carbonyl (C=O) groups is 1. The molecule has 0 bridgehead atoms. The lowest BCUT2D eigenvalue weighted by Gasteiger charge is -2.07. The van der Waals surface area contributed by atoms with E-state index in [1.807, 2.05) is 44.2 Å². The molecule has 1 heterocycles. The first-order valence-corrected chi connectivity index (χ1v) is 8.75. The van der Waals surface area contributed by atoms with Crippen molar-refractivity contribution in [2.24, 2.45) is 5.10 Å². The third kappa shape index (κ3) is 3.97. The number of hydrogen-bond donors (Lipinski definition) is 1. The van der Waals surface area contributed by atoms with E-state index in [0.717, 1.165) is 27.7 Å². The number of amides is 1. The average Bonchev–Trinajstić information content (AvgIpc) is 2.61. The van der Waals surface area contributed by atoms with Crippen molar-refractivity contribution in [3.8, 4) is 0 Å². The van der Waals surface area contributed by atoms with Gasteiger partial charge >= 0.3 is 0 Å². The molecule has 4 heteroatoms. The van der Waals surface area contributed by atoms with E-state index in [-0.39, 0.29) is 5.91 Å². The Morgan fingerprint density at radius 3 is 2.50 bits per heavy atom. The summed E-state index contributed by atoms with van der Waals surface area (Å²) in [6.07, 6.45) is 1.66. The quantitative estimate of drug-likeness (QED) is 0.548. The molecule has 1 N–H and O–H groups in total. The van der Waals surface area contributed by atoms with Gasteiger partial charge in [0.25, 0.3) is 5.91 Å². The summed E-state index contributed by atoms with van der Waals surface area (Å²) in [5.74, 6) is 0.258. The highest BCUT2D eigenvalue weighted by molar-refractivity contribution is 6.06.